The lowest BCUT2D eigenvalue weighted by Crippen LogP contribution is -2.22. The molecule has 0 radical (unpaired) electrons. The molecule has 3 aromatic carbocycles. The van der Waals surface area contributed by atoms with Crippen molar-refractivity contribution in [2.45, 2.75) is 33.0 Å². The summed E-state index contributed by atoms with van der Waals surface area (Å²) in [6.45, 7) is 5.42. The number of ether oxygens (including phenoxy) is 1. The van der Waals surface area contributed by atoms with E-state index in [1.807, 2.05) is 31.2 Å². The van der Waals surface area contributed by atoms with Gasteiger partial charge in [-0.05, 0) is 61.7 Å². The van der Waals surface area contributed by atoms with E-state index < -0.39 is 17.8 Å². The third-order valence-electron chi connectivity index (χ3n) is 6.37. The molecule has 198 valence electrons. The highest BCUT2D eigenvalue weighted by Gasteiger charge is 2.30. The van der Waals surface area contributed by atoms with Gasteiger partial charge in [-0.2, -0.15) is 13.2 Å². The van der Waals surface area contributed by atoms with E-state index in [2.05, 4.69) is 15.3 Å². The van der Waals surface area contributed by atoms with E-state index in [9.17, 15) is 18.0 Å². The zero-order valence-electron chi connectivity index (χ0n) is 22.1. The molecule has 38 heavy (non-hydrogen) atoms. The lowest BCUT2D eigenvalue weighted by Gasteiger charge is -2.19. The number of nitrogens with zero attached hydrogens (tertiary/aromatic N) is 3. The first-order valence-corrected chi connectivity index (χ1v) is 12.0. The standard InChI is InChI=1S/C29H29F3N4O2/c1-16-12-20(10-11-22(16)28(37)36(4)5)23-14-24-25(15-26(23)38-6)34-18(3)35-27(24)33-17(2)19-8-7-9-21(13-19)29(30,31)32/h7-15,17H,1-6H3,(H,33,34,35)/t17-/m1/s1. The van der Waals surface area contributed by atoms with E-state index in [4.69, 9.17) is 4.74 Å². The van der Waals surface area contributed by atoms with Crippen molar-refractivity contribution in [1.82, 2.24) is 14.9 Å². The van der Waals surface area contributed by atoms with Gasteiger partial charge in [-0.1, -0.05) is 24.3 Å². The van der Waals surface area contributed by atoms with Crippen LogP contribution >= 0.6 is 0 Å². The first-order chi connectivity index (χ1) is 17.9. The van der Waals surface area contributed by atoms with Gasteiger partial charge in [-0.15, -0.1) is 0 Å². The fourth-order valence-electron chi connectivity index (χ4n) is 4.36. The molecular formula is C29H29F3N4O2. The number of halogens is 3. The molecule has 6 nitrogen and oxygen atoms in total. The Balaban J connectivity index is 1.79. The van der Waals surface area contributed by atoms with E-state index in [1.165, 1.54) is 11.0 Å². The quantitative estimate of drug-likeness (QED) is 0.301. The van der Waals surface area contributed by atoms with Crippen LogP contribution in [0.1, 0.15) is 45.8 Å². The van der Waals surface area contributed by atoms with Gasteiger partial charge in [0.1, 0.15) is 17.4 Å². The second-order valence-corrected chi connectivity index (χ2v) is 9.41. The summed E-state index contributed by atoms with van der Waals surface area (Å²) in [6.07, 6.45) is -4.43. The molecule has 4 rings (SSSR count). The highest BCUT2D eigenvalue weighted by atomic mass is 19.4. The largest absolute Gasteiger partial charge is 0.496 e. The number of carbonyl (C=O) groups is 1. The van der Waals surface area contributed by atoms with Crippen LogP contribution in [0.3, 0.4) is 0 Å². The van der Waals surface area contributed by atoms with Crippen molar-refractivity contribution in [3.8, 4) is 16.9 Å². The summed E-state index contributed by atoms with van der Waals surface area (Å²) in [7, 11) is 4.99. The van der Waals surface area contributed by atoms with Crippen molar-refractivity contribution < 1.29 is 22.7 Å². The van der Waals surface area contributed by atoms with Crippen LogP contribution < -0.4 is 10.1 Å². The van der Waals surface area contributed by atoms with Gasteiger partial charge in [0.25, 0.3) is 5.91 Å². The highest BCUT2D eigenvalue weighted by Crippen LogP contribution is 2.38. The molecule has 1 N–H and O–H groups in total. The van der Waals surface area contributed by atoms with E-state index in [0.29, 0.717) is 39.4 Å². The number of aromatic nitrogens is 2. The van der Waals surface area contributed by atoms with Crippen LogP contribution in [-0.4, -0.2) is 42.0 Å². The lowest BCUT2D eigenvalue weighted by molar-refractivity contribution is -0.137. The number of anilines is 1. The Morgan fingerprint density at radius 3 is 2.39 bits per heavy atom. The van der Waals surface area contributed by atoms with Gasteiger partial charge in [0, 0.05) is 42.7 Å². The SMILES string of the molecule is COc1cc2nc(C)nc(N[C@H](C)c3cccc(C(F)(F)F)c3)c2cc1-c1ccc(C(=O)N(C)C)c(C)c1. The van der Waals surface area contributed by atoms with E-state index >= 15 is 0 Å². The van der Waals surface area contributed by atoms with Gasteiger partial charge in [0.15, 0.2) is 0 Å². The normalized spacial score (nSPS) is 12.3. The predicted octanol–water partition coefficient (Wildman–Crippen LogP) is 6.82. The molecule has 4 aromatic rings. The summed E-state index contributed by atoms with van der Waals surface area (Å²) in [5.74, 6) is 1.52. The zero-order chi connectivity index (χ0) is 27.8. The Kier molecular flexibility index (Phi) is 7.31. The number of methoxy groups -OCH3 is 1. The van der Waals surface area contributed by atoms with Gasteiger partial charge in [0.05, 0.1) is 18.2 Å². The molecule has 0 unspecified atom stereocenters. The van der Waals surface area contributed by atoms with Gasteiger partial charge in [-0.3, -0.25) is 4.79 Å². The van der Waals surface area contributed by atoms with Crippen LogP contribution in [0, 0.1) is 13.8 Å². The minimum absolute atomic E-state index is 0.0848. The fraction of sp³-hybridized carbons (Fsp3) is 0.276. The first kappa shape index (κ1) is 26.9. The maximum absolute atomic E-state index is 13.3. The number of hydrogen-bond donors (Lipinski definition) is 1. The zero-order valence-corrected chi connectivity index (χ0v) is 22.1. The summed E-state index contributed by atoms with van der Waals surface area (Å²) >= 11 is 0. The number of hydrogen-bond acceptors (Lipinski definition) is 5. The number of nitrogens with one attached hydrogen (secondary N) is 1. The summed E-state index contributed by atoms with van der Waals surface area (Å²) in [5.41, 5.74) is 3.45. The molecule has 0 bridgehead atoms. The second kappa shape index (κ2) is 10.3. The molecule has 0 fully saturated rings. The molecule has 0 aliphatic rings. The van der Waals surface area contributed by atoms with Gasteiger partial charge in [0.2, 0.25) is 0 Å². The average Bonchev–Trinajstić information content (AvgIpc) is 2.86. The third-order valence-corrected chi connectivity index (χ3v) is 6.37. The molecule has 1 atom stereocenters. The minimum atomic E-state index is -4.43. The van der Waals surface area contributed by atoms with Crippen molar-refractivity contribution in [3.63, 3.8) is 0 Å². The molecule has 0 spiro atoms. The fourth-order valence-corrected chi connectivity index (χ4v) is 4.36. The molecule has 0 saturated heterocycles. The van der Waals surface area contributed by atoms with Gasteiger partial charge < -0.3 is 15.0 Å². The molecule has 1 amide bonds. The van der Waals surface area contributed by atoms with Crippen LogP contribution in [0.15, 0.2) is 54.6 Å². The minimum Gasteiger partial charge on any atom is -0.496 e. The number of fused-ring (bicyclic) bond motifs is 1. The predicted molar refractivity (Wildman–Crippen MR) is 142 cm³/mol. The first-order valence-electron chi connectivity index (χ1n) is 12.0. The molecule has 0 aliphatic heterocycles. The van der Waals surface area contributed by atoms with Crippen molar-refractivity contribution >= 4 is 22.6 Å². The number of alkyl halides is 3. The Hall–Kier alpha value is -4.14. The van der Waals surface area contributed by atoms with E-state index in [-0.39, 0.29) is 5.91 Å². The highest BCUT2D eigenvalue weighted by molar-refractivity contribution is 5.98. The average molecular weight is 523 g/mol. The maximum atomic E-state index is 13.3. The monoisotopic (exact) mass is 522 g/mol. The Labute approximate surface area is 219 Å². The number of carbonyl (C=O) groups excluding carboxylic acids is 1. The van der Waals surface area contributed by atoms with Crippen LogP contribution in [0.5, 0.6) is 5.75 Å². The van der Waals surface area contributed by atoms with Crippen LogP contribution in [0.4, 0.5) is 19.0 Å². The van der Waals surface area contributed by atoms with Crippen molar-refractivity contribution in [1.29, 1.82) is 0 Å². The van der Waals surface area contributed by atoms with E-state index in [0.717, 1.165) is 28.8 Å². The van der Waals surface area contributed by atoms with E-state index in [1.54, 1.807) is 47.2 Å². The van der Waals surface area contributed by atoms with Gasteiger partial charge in [-0.25, -0.2) is 9.97 Å². The number of rotatable bonds is 6. The molecule has 1 aromatic heterocycles. The van der Waals surface area contributed by atoms with Crippen molar-refractivity contribution in [2.24, 2.45) is 0 Å². The number of benzene rings is 3. The maximum Gasteiger partial charge on any atom is 0.416 e. The van der Waals surface area contributed by atoms with Crippen LogP contribution in [-0.2, 0) is 6.18 Å². The molecule has 0 aliphatic carbocycles. The molecular weight excluding hydrogens is 493 g/mol. The summed E-state index contributed by atoms with van der Waals surface area (Å²) in [5, 5.41) is 3.97. The second-order valence-electron chi connectivity index (χ2n) is 9.41. The molecule has 9 heteroatoms. The Morgan fingerprint density at radius 2 is 1.76 bits per heavy atom. The number of amides is 1. The molecule has 0 saturated carbocycles. The molecule has 1 heterocycles. The Bertz CT molecular complexity index is 1520. The van der Waals surface area contributed by atoms with Gasteiger partial charge >= 0.3 is 6.18 Å². The number of aryl methyl sites for hydroxylation is 2. The van der Waals surface area contributed by atoms with Crippen LogP contribution in [0.25, 0.3) is 22.0 Å². The topological polar surface area (TPSA) is 67.4 Å². The lowest BCUT2D eigenvalue weighted by atomic mass is 9.97. The van der Waals surface area contributed by atoms with Crippen LogP contribution in [0.2, 0.25) is 0 Å². The smallest absolute Gasteiger partial charge is 0.416 e. The Morgan fingerprint density at radius 1 is 1.03 bits per heavy atom. The summed E-state index contributed by atoms with van der Waals surface area (Å²) < 4.78 is 45.5. The van der Waals surface area contributed by atoms with Crippen molar-refractivity contribution in [2.75, 3.05) is 26.5 Å². The summed E-state index contributed by atoms with van der Waals surface area (Å²) in [6, 6.07) is 14.1. The van der Waals surface area contributed by atoms with Crippen molar-refractivity contribution in [3.05, 3.63) is 82.7 Å². The summed E-state index contributed by atoms with van der Waals surface area (Å²) in [4.78, 5) is 23.1. The third kappa shape index (κ3) is 5.41.